The maximum Gasteiger partial charge on any atom is 0.0468 e. The molecule has 0 unspecified atom stereocenters. The van der Waals surface area contributed by atoms with Crippen molar-refractivity contribution in [2.75, 3.05) is 9.80 Å². The lowest BCUT2D eigenvalue weighted by molar-refractivity contribution is 0.652. The number of rotatable bonds is 14. The fourth-order valence-corrected chi connectivity index (χ4v) is 16.5. The summed E-state index contributed by atoms with van der Waals surface area (Å²) in [7, 11) is 0. The maximum atomic E-state index is 2.59. The molecular formula is C98H78N2. The van der Waals surface area contributed by atoms with Crippen molar-refractivity contribution in [3.8, 4) is 100 Å². The SMILES string of the molecule is Cc1cc(N(c2ccc(C3=CCCC=C3)c(-c3ccccc3)c2)c2ccc(-c3ccccc3)c(-c3ccccc3)c2)cc2c1-c1cc3c(cc1C2(C)C)-c1c(C)cc(N(c2ccc(-c4ccccc4)c(-c4ccccc4)c2)c2ccc(-c4ccccc4)c(-c4ccccc4)c2)cc1C3(C)C. The topological polar surface area (TPSA) is 6.48 Å². The molecule has 0 bridgehead atoms. The minimum Gasteiger partial charge on any atom is -0.310 e. The first-order valence-corrected chi connectivity index (χ1v) is 35.4. The Morgan fingerprint density at radius 2 is 0.520 bits per heavy atom. The van der Waals surface area contributed by atoms with Crippen molar-refractivity contribution >= 4 is 39.7 Å². The molecule has 480 valence electrons. The van der Waals surface area contributed by atoms with E-state index in [4.69, 9.17) is 0 Å². The molecule has 17 rings (SSSR count). The molecular weight excluding hydrogens is 1210 g/mol. The Morgan fingerprint density at radius 1 is 0.240 bits per heavy atom. The molecule has 0 radical (unpaired) electrons. The molecule has 0 saturated carbocycles. The van der Waals surface area contributed by atoms with E-state index in [1.165, 1.54) is 145 Å². The zero-order valence-electron chi connectivity index (χ0n) is 57.6. The Morgan fingerprint density at radius 3 is 0.810 bits per heavy atom. The van der Waals surface area contributed by atoms with Gasteiger partial charge in [0.1, 0.15) is 0 Å². The van der Waals surface area contributed by atoms with Gasteiger partial charge >= 0.3 is 0 Å². The van der Waals surface area contributed by atoms with Crippen LogP contribution in [0.1, 0.15) is 79.5 Å². The van der Waals surface area contributed by atoms with Gasteiger partial charge in [-0.1, -0.05) is 283 Å². The number of hydrogen-bond acceptors (Lipinski definition) is 2. The van der Waals surface area contributed by atoms with E-state index in [0.717, 1.165) is 47.0 Å². The second kappa shape index (κ2) is 25.2. The van der Waals surface area contributed by atoms with Crippen molar-refractivity contribution in [3.05, 3.63) is 379 Å². The van der Waals surface area contributed by atoms with Crippen LogP contribution in [0.3, 0.4) is 0 Å². The highest BCUT2D eigenvalue weighted by Gasteiger charge is 2.44. The Hall–Kier alpha value is -11.8. The predicted octanol–water partition coefficient (Wildman–Crippen LogP) is 27.3. The lowest BCUT2D eigenvalue weighted by Gasteiger charge is -2.30. The van der Waals surface area contributed by atoms with Crippen molar-refractivity contribution in [2.24, 2.45) is 0 Å². The molecule has 0 aliphatic heterocycles. The summed E-state index contributed by atoms with van der Waals surface area (Å²) < 4.78 is 0. The molecule has 14 aromatic rings. The smallest absolute Gasteiger partial charge is 0.0468 e. The minimum absolute atomic E-state index is 0.348. The van der Waals surface area contributed by atoms with Gasteiger partial charge in [0.2, 0.25) is 0 Å². The third-order valence-corrected chi connectivity index (χ3v) is 21.5. The molecule has 3 aliphatic carbocycles. The van der Waals surface area contributed by atoms with Crippen molar-refractivity contribution in [1.29, 1.82) is 0 Å². The van der Waals surface area contributed by atoms with Crippen LogP contribution in [0, 0.1) is 13.8 Å². The fourth-order valence-electron chi connectivity index (χ4n) is 16.5. The van der Waals surface area contributed by atoms with E-state index in [2.05, 4.69) is 391 Å². The summed E-state index contributed by atoms with van der Waals surface area (Å²) in [6.07, 6.45) is 9.13. The standard InChI is InChI=1S/C98H78N2/c1-65-55-79(99(75-47-51-81(67-31-15-7-16-32-67)85(57-75)71-39-23-11-24-40-71)76-48-52-82(68-33-17-8-18-34-68)86(58-76)72-41-25-12-26-42-72)61-93-95(65)89-63-92-90(64-91(89)97(93,3)4)96-66(2)56-80(62-94(96)98(92,5)6)100(77-49-53-83(69-35-19-9-20-36-69)87(59-77)73-43-27-13-28-44-73)78-50-54-84(70-37-21-10-22-38-70)88(60-78)74-45-29-14-30-46-74/h7-9,11-21,23-64H,10,22H2,1-6H3. The molecule has 0 fully saturated rings. The average molecular weight is 1280 g/mol. The highest BCUT2D eigenvalue weighted by molar-refractivity contribution is 5.99. The van der Waals surface area contributed by atoms with Gasteiger partial charge in [-0.25, -0.2) is 0 Å². The summed E-state index contributed by atoms with van der Waals surface area (Å²) in [4.78, 5) is 5.04. The van der Waals surface area contributed by atoms with E-state index in [-0.39, 0.29) is 10.8 Å². The second-order valence-electron chi connectivity index (χ2n) is 28.4. The number of hydrogen-bond donors (Lipinski definition) is 0. The average Bonchev–Trinajstić information content (AvgIpc) is 1.53. The molecule has 14 aromatic carbocycles. The Kier molecular flexibility index (Phi) is 15.6. The molecule has 0 saturated heterocycles. The third-order valence-electron chi connectivity index (χ3n) is 21.5. The first kappa shape index (κ1) is 61.7. The van der Waals surface area contributed by atoms with Crippen LogP contribution in [0.25, 0.3) is 106 Å². The maximum absolute atomic E-state index is 2.59. The molecule has 0 amide bonds. The zero-order valence-corrected chi connectivity index (χ0v) is 57.6. The Balaban J connectivity index is 0.818. The number of anilines is 6. The molecule has 0 N–H and O–H groups in total. The van der Waals surface area contributed by atoms with Crippen LogP contribution in [0.4, 0.5) is 34.1 Å². The number of nitrogens with zero attached hydrogens (tertiary/aromatic N) is 2. The van der Waals surface area contributed by atoms with E-state index in [1.807, 2.05) is 0 Å². The Bertz CT molecular complexity index is 5390. The summed E-state index contributed by atoms with van der Waals surface area (Å²) in [6, 6.07) is 120. The van der Waals surface area contributed by atoms with Crippen LogP contribution >= 0.6 is 0 Å². The van der Waals surface area contributed by atoms with Crippen LogP contribution in [0.5, 0.6) is 0 Å². The van der Waals surface area contributed by atoms with Crippen LogP contribution in [-0.4, -0.2) is 0 Å². The summed E-state index contributed by atoms with van der Waals surface area (Å²) in [5.41, 5.74) is 38.4. The summed E-state index contributed by atoms with van der Waals surface area (Å²) >= 11 is 0. The molecule has 2 nitrogen and oxygen atoms in total. The summed E-state index contributed by atoms with van der Waals surface area (Å²) in [5.74, 6) is 0. The van der Waals surface area contributed by atoms with Crippen molar-refractivity contribution in [3.63, 3.8) is 0 Å². The normalized spacial score (nSPS) is 13.6. The molecule has 100 heavy (non-hydrogen) atoms. The van der Waals surface area contributed by atoms with Gasteiger partial charge in [0, 0.05) is 45.0 Å². The number of allylic oxidation sites excluding steroid dienone is 4. The molecule has 3 aliphatic rings. The number of benzene rings is 14. The van der Waals surface area contributed by atoms with E-state index >= 15 is 0 Å². The van der Waals surface area contributed by atoms with E-state index in [0.29, 0.717) is 0 Å². The lowest BCUT2D eigenvalue weighted by Crippen LogP contribution is -2.18. The van der Waals surface area contributed by atoms with Crippen LogP contribution < -0.4 is 9.80 Å². The minimum atomic E-state index is -0.350. The molecule has 2 heteroatoms. The predicted molar refractivity (Wildman–Crippen MR) is 425 cm³/mol. The van der Waals surface area contributed by atoms with Gasteiger partial charge in [0.25, 0.3) is 0 Å². The number of aryl methyl sites for hydroxylation is 2. The van der Waals surface area contributed by atoms with Crippen molar-refractivity contribution in [1.82, 2.24) is 0 Å². The fraction of sp³-hybridized carbons (Fsp3) is 0.102. The lowest BCUT2D eigenvalue weighted by atomic mass is 9.79. The van der Waals surface area contributed by atoms with Gasteiger partial charge < -0.3 is 9.80 Å². The molecule has 0 spiro atoms. The molecule has 0 aromatic heterocycles. The first-order valence-electron chi connectivity index (χ1n) is 35.4. The molecule has 0 atom stereocenters. The van der Waals surface area contributed by atoms with Gasteiger partial charge in [-0.05, 0) is 256 Å². The summed E-state index contributed by atoms with van der Waals surface area (Å²) in [6.45, 7) is 14.5. The Labute approximate surface area is 589 Å². The van der Waals surface area contributed by atoms with Gasteiger partial charge in [-0.15, -0.1) is 0 Å². The highest BCUT2D eigenvalue weighted by Crippen LogP contribution is 2.60. The van der Waals surface area contributed by atoms with E-state index in [1.54, 1.807) is 0 Å². The van der Waals surface area contributed by atoms with Crippen molar-refractivity contribution in [2.45, 2.75) is 65.2 Å². The number of fused-ring (bicyclic) bond motifs is 6. The van der Waals surface area contributed by atoms with E-state index < -0.39 is 0 Å². The van der Waals surface area contributed by atoms with E-state index in [9.17, 15) is 0 Å². The highest BCUT2D eigenvalue weighted by atomic mass is 15.1. The zero-order chi connectivity index (χ0) is 67.6. The molecule has 0 heterocycles. The first-order chi connectivity index (χ1) is 48.9. The van der Waals surface area contributed by atoms with Gasteiger partial charge in [-0.3, -0.25) is 0 Å². The van der Waals surface area contributed by atoms with Gasteiger partial charge in [0.05, 0.1) is 0 Å². The van der Waals surface area contributed by atoms with Gasteiger partial charge in [0.15, 0.2) is 0 Å². The van der Waals surface area contributed by atoms with Crippen LogP contribution in [-0.2, 0) is 10.8 Å². The van der Waals surface area contributed by atoms with Crippen LogP contribution in [0.15, 0.2) is 340 Å². The third kappa shape index (κ3) is 10.8. The van der Waals surface area contributed by atoms with Crippen LogP contribution in [0.2, 0.25) is 0 Å². The summed E-state index contributed by atoms with van der Waals surface area (Å²) in [5, 5.41) is 0. The quantitative estimate of drug-likeness (QED) is 0.107. The second-order valence-corrected chi connectivity index (χ2v) is 28.4. The van der Waals surface area contributed by atoms with Gasteiger partial charge in [-0.2, -0.15) is 0 Å². The largest absolute Gasteiger partial charge is 0.310 e. The van der Waals surface area contributed by atoms with Crippen molar-refractivity contribution < 1.29 is 0 Å². The monoisotopic (exact) mass is 1280 g/mol.